The summed E-state index contributed by atoms with van der Waals surface area (Å²) in [6.07, 6.45) is 0. The SMILES string of the molecule is Cc1ccc2cc(CN(C(=O)c3cccs3)C(C)(C)C)c(=O)[nH]c2c1. The van der Waals surface area contributed by atoms with E-state index in [0.717, 1.165) is 16.5 Å². The number of aromatic amines is 1. The number of nitrogens with zero attached hydrogens (tertiary/aromatic N) is 1. The van der Waals surface area contributed by atoms with Crippen molar-refractivity contribution in [3.63, 3.8) is 0 Å². The molecule has 3 rings (SSSR count). The zero-order chi connectivity index (χ0) is 18.2. The number of carbonyl (C=O) groups is 1. The molecular formula is C20H22N2O2S. The minimum absolute atomic E-state index is 0.0501. The minimum Gasteiger partial charge on any atom is -0.329 e. The fourth-order valence-electron chi connectivity index (χ4n) is 2.79. The van der Waals surface area contributed by atoms with Crippen molar-refractivity contribution in [1.82, 2.24) is 9.88 Å². The molecule has 0 atom stereocenters. The van der Waals surface area contributed by atoms with E-state index in [1.54, 1.807) is 4.90 Å². The van der Waals surface area contributed by atoms with Crippen LogP contribution >= 0.6 is 11.3 Å². The smallest absolute Gasteiger partial charge is 0.264 e. The number of rotatable bonds is 3. The van der Waals surface area contributed by atoms with E-state index in [1.165, 1.54) is 11.3 Å². The van der Waals surface area contributed by atoms with E-state index in [4.69, 9.17) is 0 Å². The van der Waals surface area contributed by atoms with Crippen LogP contribution in [-0.2, 0) is 6.54 Å². The van der Waals surface area contributed by atoms with E-state index in [1.807, 2.05) is 69.5 Å². The van der Waals surface area contributed by atoms with Gasteiger partial charge in [-0.25, -0.2) is 0 Å². The lowest BCUT2D eigenvalue weighted by Gasteiger charge is -2.35. The molecule has 5 heteroatoms. The van der Waals surface area contributed by atoms with Crippen molar-refractivity contribution in [2.75, 3.05) is 0 Å². The molecule has 0 aliphatic carbocycles. The molecule has 2 aromatic heterocycles. The lowest BCUT2D eigenvalue weighted by molar-refractivity contribution is 0.0563. The highest BCUT2D eigenvalue weighted by atomic mass is 32.1. The van der Waals surface area contributed by atoms with Crippen LogP contribution in [0, 0.1) is 6.92 Å². The largest absolute Gasteiger partial charge is 0.329 e. The summed E-state index contributed by atoms with van der Waals surface area (Å²) < 4.78 is 0. The fourth-order valence-corrected chi connectivity index (χ4v) is 3.47. The van der Waals surface area contributed by atoms with E-state index in [9.17, 15) is 9.59 Å². The number of aryl methyl sites for hydroxylation is 1. The number of thiophene rings is 1. The second-order valence-electron chi connectivity index (χ2n) is 7.25. The van der Waals surface area contributed by atoms with Crippen LogP contribution in [0.5, 0.6) is 0 Å². The van der Waals surface area contributed by atoms with Gasteiger partial charge in [-0.05, 0) is 62.2 Å². The first-order chi connectivity index (χ1) is 11.8. The molecule has 0 fully saturated rings. The van der Waals surface area contributed by atoms with Crippen molar-refractivity contribution in [2.45, 2.75) is 39.8 Å². The Morgan fingerprint density at radius 3 is 2.60 bits per heavy atom. The summed E-state index contributed by atoms with van der Waals surface area (Å²) in [7, 11) is 0. The Bertz CT molecular complexity index is 966. The van der Waals surface area contributed by atoms with Crippen molar-refractivity contribution in [3.8, 4) is 0 Å². The first kappa shape index (κ1) is 17.4. The minimum atomic E-state index is -0.393. The molecule has 0 radical (unpaired) electrons. The maximum atomic E-state index is 12.9. The average molecular weight is 354 g/mol. The first-order valence-corrected chi connectivity index (χ1v) is 9.12. The van der Waals surface area contributed by atoms with E-state index >= 15 is 0 Å². The molecule has 25 heavy (non-hydrogen) atoms. The van der Waals surface area contributed by atoms with Crippen molar-refractivity contribution in [1.29, 1.82) is 0 Å². The predicted molar refractivity (Wildman–Crippen MR) is 103 cm³/mol. The van der Waals surface area contributed by atoms with Crippen LogP contribution in [0.4, 0.5) is 0 Å². The van der Waals surface area contributed by atoms with Crippen molar-refractivity contribution >= 4 is 28.1 Å². The maximum Gasteiger partial charge on any atom is 0.264 e. The van der Waals surface area contributed by atoms with Gasteiger partial charge in [0.25, 0.3) is 11.5 Å². The maximum absolute atomic E-state index is 12.9. The second-order valence-corrected chi connectivity index (χ2v) is 8.20. The lowest BCUT2D eigenvalue weighted by atomic mass is 10.0. The van der Waals surface area contributed by atoms with Gasteiger partial charge in [0, 0.05) is 16.6 Å². The third kappa shape index (κ3) is 3.66. The highest BCUT2D eigenvalue weighted by molar-refractivity contribution is 7.12. The molecule has 0 aliphatic rings. The molecular weight excluding hydrogens is 332 g/mol. The number of pyridine rings is 1. The molecule has 0 bridgehead atoms. The quantitative estimate of drug-likeness (QED) is 0.761. The Morgan fingerprint density at radius 2 is 1.96 bits per heavy atom. The van der Waals surface area contributed by atoms with Crippen LogP contribution in [0.1, 0.15) is 41.6 Å². The molecule has 2 heterocycles. The third-order valence-electron chi connectivity index (χ3n) is 4.19. The topological polar surface area (TPSA) is 53.2 Å². The molecule has 0 spiro atoms. The van der Waals surface area contributed by atoms with E-state index in [-0.39, 0.29) is 18.0 Å². The Labute approximate surface area is 151 Å². The monoisotopic (exact) mass is 354 g/mol. The van der Waals surface area contributed by atoms with Crippen LogP contribution in [0.15, 0.2) is 46.6 Å². The molecule has 1 N–H and O–H groups in total. The first-order valence-electron chi connectivity index (χ1n) is 8.24. The Hall–Kier alpha value is -2.40. The van der Waals surface area contributed by atoms with Crippen LogP contribution in [0.2, 0.25) is 0 Å². The predicted octanol–water partition coefficient (Wildman–Crippen LogP) is 4.34. The van der Waals surface area contributed by atoms with Gasteiger partial charge in [0.1, 0.15) is 0 Å². The Kier molecular flexibility index (Phi) is 4.52. The van der Waals surface area contributed by atoms with Crippen molar-refractivity contribution in [2.24, 2.45) is 0 Å². The summed E-state index contributed by atoms with van der Waals surface area (Å²) in [5.74, 6) is -0.0501. The standard InChI is InChI=1S/C20H22N2O2S/c1-13-7-8-14-11-15(18(23)21-16(14)10-13)12-22(20(2,3)4)19(24)17-6-5-9-25-17/h5-11H,12H2,1-4H3,(H,21,23). The second kappa shape index (κ2) is 6.48. The van der Waals surface area contributed by atoms with Crippen LogP contribution in [0.3, 0.4) is 0 Å². The van der Waals surface area contributed by atoms with Gasteiger partial charge in [-0.3, -0.25) is 9.59 Å². The fraction of sp³-hybridized carbons (Fsp3) is 0.300. The number of carbonyl (C=O) groups excluding carboxylic acids is 1. The zero-order valence-electron chi connectivity index (χ0n) is 14.9. The van der Waals surface area contributed by atoms with Gasteiger partial charge < -0.3 is 9.88 Å². The van der Waals surface area contributed by atoms with Crippen LogP contribution in [-0.4, -0.2) is 21.3 Å². The summed E-state index contributed by atoms with van der Waals surface area (Å²) >= 11 is 1.42. The van der Waals surface area contributed by atoms with Gasteiger partial charge in [-0.15, -0.1) is 11.3 Å². The number of hydrogen-bond donors (Lipinski definition) is 1. The van der Waals surface area contributed by atoms with Gasteiger partial charge in [0.2, 0.25) is 0 Å². The Balaban J connectivity index is 2.01. The van der Waals surface area contributed by atoms with Crippen LogP contribution in [0.25, 0.3) is 10.9 Å². The molecule has 0 saturated carbocycles. The number of aromatic nitrogens is 1. The number of amides is 1. The average Bonchev–Trinajstić information content (AvgIpc) is 3.05. The molecule has 3 aromatic rings. The molecule has 0 unspecified atom stereocenters. The van der Waals surface area contributed by atoms with Gasteiger partial charge in [-0.1, -0.05) is 18.2 Å². The van der Waals surface area contributed by atoms with Gasteiger partial charge in [0.05, 0.1) is 11.4 Å². The summed E-state index contributed by atoms with van der Waals surface area (Å²) in [6.45, 7) is 8.22. The summed E-state index contributed by atoms with van der Waals surface area (Å²) in [4.78, 5) is 30.8. The molecule has 130 valence electrons. The number of benzene rings is 1. The molecule has 0 saturated heterocycles. The number of H-pyrrole nitrogens is 1. The molecule has 0 aliphatic heterocycles. The third-order valence-corrected chi connectivity index (χ3v) is 5.05. The number of nitrogens with one attached hydrogen (secondary N) is 1. The van der Waals surface area contributed by atoms with Crippen molar-refractivity contribution < 1.29 is 4.79 Å². The highest BCUT2D eigenvalue weighted by Gasteiger charge is 2.28. The van der Waals surface area contributed by atoms with Gasteiger partial charge >= 0.3 is 0 Å². The summed E-state index contributed by atoms with van der Waals surface area (Å²) in [6, 6.07) is 11.5. The molecule has 4 nitrogen and oxygen atoms in total. The lowest BCUT2D eigenvalue weighted by Crippen LogP contribution is -2.45. The molecule has 1 aromatic carbocycles. The highest BCUT2D eigenvalue weighted by Crippen LogP contribution is 2.23. The van der Waals surface area contributed by atoms with Gasteiger partial charge in [0.15, 0.2) is 0 Å². The Morgan fingerprint density at radius 1 is 1.20 bits per heavy atom. The number of fused-ring (bicyclic) bond motifs is 1. The normalized spacial score (nSPS) is 11.7. The van der Waals surface area contributed by atoms with Gasteiger partial charge in [-0.2, -0.15) is 0 Å². The van der Waals surface area contributed by atoms with Crippen molar-refractivity contribution in [3.05, 3.63) is 68.1 Å². The summed E-state index contributed by atoms with van der Waals surface area (Å²) in [5.41, 5.74) is 1.97. The zero-order valence-corrected chi connectivity index (χ0v) is 15.7. The molecule has 1 amide bonds. The van der Waals surface area contributed by atoms with E-state index < -0.39 is 5.54 Å². The van der Waals surface area contributed by atoms with Crippen LogP contribution < -0.4 is 5.56 Å². The summed E-state index contributed by atoms with van der Waals surface area (Å²) in [5, 5.41) is 2.86. The van der Waals surface area contributed by atoms with E-state index in [2.05, 4.69) is 4.98 Å². The number of hydrogen-bond acceptors (Lipinski definition) is 3. The van der Waals surface area contributed by atoms with E-state index in [0.29, 0.717) is 10.4 Å².